The number of hydrogen-bond acceptors (Lipinski definition) is 5. The van der Waals surface area contributed by atoms with Crippen molar-refractivity contribution < 1.29 is 4.42 Å². The molecular formula is C17H11BrN4OS. The Balaban J connectivity index is 1.66. The minimum absolute atomic E-state index is 0.205. The summed E-state index contributed by atoms with van der Waals surface area (Å²) in [6.07, 6.45) is 0. The lowest BCUT2D eigenvalue weighted by atomic mass is 10.2. The van der Waals surface area contributed by atoms with Crippen LogP contribution in [0.4, 0.5) is 5.13 Å². The van der Waals surface area contributed by atoms with E-state index in [4.69, 9.17) is 10.2 Å². The van der Waals surface area contributed by atoms with Crippen molar-refractivity contribution in [1.82, 2.24) is 9.97 Å². The Bertz CT molecular complexity index is 1040. The zero-order valence-electron chi connectivity index (χ0n) is 12.3. The lowest BCUT2D eigenvalue weighted by Crippen LogP contribution is -2.12. The molecule has 2 N–H and O–H groups in total. The van der Waals surface area contributed by atoms with E-state index in [9.17, 15) is 0 Å². The van der Waals surface area contributed by atoms with Crippen LogP contribution in [0.2, 0.25) is 0 Å². The van der Waals surface area contributed by atoms with E-state index in [1.807, 2.05) is 53.9 Å². The highest BCUT2D eigenvalue weighted by atomic mass is 79.9. The topological polar surface area (TPSA) is 77.3 Å². The number of aliphatic imine (C=N–C) groups is 1. The Morgan fingerprint density at radius 3 is 2.79 bits per heavy atom. The van der Waals surface area contributed by atoms with Gasteiger partial charge in [-0.1, -0.05) is 46.3 Å². The van der Waals surface area contributed by atoms with Gasteiger partial charge in [0, 0.05) is 15.4 Å². The van der Waals surface area contributed by atoms with Gasteiger partial charge in [0.1, 0.15) is 5.52 Å². The number of hydrogen-bond donors (Lipinski definition) is 1. The molecular weight excluding hydrogens is 388 g/mol. The van der Waals surface area contributed by atoms with E-state index in [0.29, 0.717) is 16.6 Å². The quantitative estimate of drug-likeness (QED) is 0.398. The van der Waals surface area contributed by atoms with Crippen molar-refractivity contribution >= 4 is 49.3 Å². The standard InChI is InChI=1S/C17H11BrN4OS/c18-11-6-7-12-14(8-11)23-16(20-12)15(19)22-17-21-13(9-24-17)10-4-2-1-3-5-10/h1-9H,(H2,19,21,22). The van der Waals surface area contributed by atoms with Crippen LogP contribution in [-0.4, -0.2) is 15.8 Å². The largest absolute Gasteiger partial charge is 0.434 e. The first kappa shape index (κ1) is 15.0. The summed E-state index contributed by atoms with van der Waals surface area (Å²) in [5.41, 5.74) is 9.32. The summed E-state index contributed by atoms with van der Waals surface area (Å²) in [7, 11) is 0. The smallest absolute Gasteiger partial charge is 0.263 e. The third-order valence-corrected chi connectivity index (χ3v) is 4.58. The van der Waals surface area contributed by atoms with Crippen LogP contribution in [0, 0.1) is 0 Å². The van der Waals surface area contributed by atoms with Crippen LogP contribution in [0.3, 0.4) is 0 Å². The van der Waals surface area contributed by atoms with E-state index in [0.717, 1.165) is 21.2 Å². The fourth-order valence-electron chi connectivity index (χ4n) is 2.22. The molecule has 0 aliphatic rings. The maximum atomic E-state index is 6.03. The molecule has 0 spiro atoms. The molecule has 4 rings (SSSR count). The van der Waals surface area contributed by atoms with E-state index in [-0.39, 0.29) is 5.84 Å². The van der Waals surface area contributed by atoms with E-state index in [2.05, 4.69) is 30.9 Å². The van der Waals surface area contributed by atoms with Crippen LogP contribution in [0.15, 0.2) is 67.8 Å². The summed E-state index contributed by atoms with van der Waals surface area (Å²) in [5.74, 6) is 0.496. The van der Waals surface area contributed by atoms with Gasteiger partial charge in [0.05, 0.1) is 5.69 Å². The zero-order valence-corrected chi connectivity index (χ0v) is 14.7. The van der Waals surface area contributed by atoms with Crippen LogP contribution in [0.25, 0.3) is 22.4 Å². The monoisotopic (exact) mass is 398 g/mol. The van der Waals surface area contributed by atoms with Gasteiger partial charge >= 0.3 is 0 Å². The van der Waals surface area contributed by atoms with Crippen molar-refractivity contribution in [3.05, 3.63) is 64.3 Å². The normalized spacial score (nSPS) is 12.0. The Labute approximate surface area is 150 Å². The van der Waals surface area contributed by atoms with Gasteiger partial charge < -0.3 is 10.2 Å². The van der Waals surface area contributed by atoms with Crippen LogP contribution in [-0.2, 0) is 0 Å². The molecule has 0 radical (unpaired) electrons. The molecule has 0 aliphatic carbocycles. The SMILES string of the molecule is N/C(=N\c1nc(-c2ccccc2)cs1)c1nc2ccc(Br)cc2o1. The van der Waals surface area contributed by atoms with Gasteiger partial charge in [-0.05, 0) is 18.2 Å². The summed E-state index contributed by atoms with van der Waals surface area (Å²) < 4.78 is 6.57. The fraction of sp³-hybridized carbons (Fsp3) is 0. The molecule has 0 unspecified atom stereocenters. The third-order valence-electron chi connectivity index (χ3n) is 3.35. The predicted octanol–water partition coefficient (Wildman–Crippen LogP) is 4.75. The molecule has 2 heterocycles. The number of nitrogens with two attached hydrogens (primary N) is 1. The second-order valence-electron chi connectivity index (χ2n) is 5.01. The zero-order chi connectivity index (χ0) is 16.5. The first-order chi connectivity index (χ1) is 11.7. The van der Waals surface area contributed by atoms with E-state index in [1.165, 1.54) is 11.3 Å². The van der Waals surface area contributed by atoms with Crippen LogP contribution in [0.1, 0.15) is 5.89 Å². The summed E-state index contributed by atoms with van der Waals surface area (Å²) in [4.78, 5) is 13.2. The Kier molecular flexibility index (Phi) is 3.87. The third kappa shape index (κ3) is 2.95. The molecule has 0 aliphatic heterocycles. The number of oxazole rings is 1. The second kappa shape index (κ2) is 6.18. The van der Waals surface area contributed by atoms with E-state index < -0.39 is 0 Å². The van der Waals surface area contributed by atoms with Crippen molar-refractivity contribution in [2.45, 2.75) is 0 Å². The minimum Gasteiger partial charge on any atom is -0.434 e. The fourth-order valence-corrected chi connectivity index (χ4v) is 3.26. The molecule has 5 nitrogen and oxygen atoms in total. The number of benzene rings is 2. The first-order valence-electron chi connectivity index (χ1n) is 7.10. The molecule has 2 aromatic heterocycles. The average molecular weight is 399 g/mol. The predicted molar refractivity (Wildman–Crippen MR) is 99.6 cm³/mol. The van der Waals surface area contributed by atoms with E-state index in [1.54, 1.807) is 0 Å². The van der Waals surface area contributed by atoms with Gasteiger partial charge in [0.25, 0.3) is 5.89 Å². The Morgan fingerprint density at radius 2 is 1.96 bits per heavy atom. The van der Waals surface area contributed by atoms with Gasteiger partial charge in [0.2, 0.25) is 5.13 Å². The number of rotatable bonds is 3. The highest BCUT2D eigenvalue weighted by Crippen LogP contribution is 2.27. The van der Waals surface area contributed by atoms with Gasteiger partial charge in [-0.3, -0.25) is 0 Å². The number of aromatic nitrogens is 2. The van der Waals surface area contributed by atoms with Crippen molar-refractivity contribution in [1.29, 1.82) is 0 Å². The number of halogens is 1. The molecule has 24 heavy (non-hydrogen) atoms. The van der Waals surface area contributed by atoms with Gasteiger partial charge in [-0.2, -0.15) is 4.99 Å². The number of thiazole rings is 1. The maximum Gasteiger partial charge on any atom is 0.263 e. The van der Waals surface area contributed by atoms with Crippen molar-refractivity contribution in [3.8, 4) is 11.3 Å². The summed E-state index contributed by atoms with van der Waals surface area (Å²) >= 11 is 4.82. The minimum atomic E-state index is 0.205. The van der Waals surface area contributed by atoms with Crippen molar-refractivity contribution in [3.63, 3.8) is 0 Å². The molecule has 7 heteroatoms. The Morgan fingerprint density at radius 1 is 1.12 bits per heavy atom. The van der Waals surface area contributed by atoms with Crippen LogP contribution in [0.5, 0.6) is 0 Å². The molecule has 0 amide bonds. The Hall–Kier alpha value is -2.51. The van der Waals surface area contributed by atoms with Crippen molar-refractivity contribution in [2.24, 2.45) is 10.7 Å². The average Bonchev–Trinajstić information content (AvgIpc) is 3.22. The lowest BCUT2D eigenvalue weighted by molar-refractivity contribution is 0.589. The molecule has 0 atom stereocenters. The number of fused-ring (bicyclic) bond motifs is 1. The first-order valence-corrected chi connectivity index (χ1v) is 8.78. The molecule has 118 valence electrons. The lowest BCUT2D eigenvalue weighted by Gasteiger charge is -1.94. The summed E-state index contributed by atoms with van der Waals surface area (Å²) in [6.45, 7) is 0. The van der Waals surface area contributed by atoms with Crippen molar-refractivity contribution in [2.75, 3.05) is 0 Å². The maximum absolute atomic E-state index is 6.03. The van der Waals surface area contributed by atoms with Gasteiger partial charge in [-0.25, -0.2) is 9.97 Å². The van der Waals surface area contributed by atoms with E-state index >= 15 is 0 Å². The van der Waals surface area contributed by atoms with Crippen LogP contribution < -0.4 is 5.73 Å². The molecule has 0 saturated heterocycles. The molecule has 2 aromatic carbocycles. The second-order valence-corrected chi connectivity index (χ2v) is 6.76. The van der Waals surface area contributed by atoms with Gasteiger partial charge in [-0.15, -0.1) is 11.3 Å². The van der Waals surface area contributed by atoms with Gasteiger partial charge in [0.15, 0.2) is 11.4 Å². The summed E-state index contributed by atoms with van der Waals surface area (Å²) in [5, 5.41) is 2.51. The molecule has 0 fully saturated rings. The number of nitrogens with zero attached hydrogens (tertiary/aromatic N) is 3. The number of amidine groups is 1. The molecule has 4 aromatic rings. The molecule has 0 saturated carbocycles. The molecule has 0 bridgehead atoms. The summed E-state index contributed by atoms with van der Waals surface area (Å²) in [6, 6.07) is 15.5. The van der Waals surface area contributed by atoms with Crippen LogP contribution >= 0.6 is 27.3 Å². The highest BCUT2D eigenvalue weighted by Gasteiger charge is 2.11. The highest BCUT2D eigenvalue weighted by molar-refractivity contribution is 9.10.